The van der Waals surface area contributed by atoms with Crippen LogP contribution in [0.5, 0.6) is 0 Å². The number of aliphatic imine (C=N–C) groups is 1. The van der Waals surface area contributed by atoms with Gasteiger partial charge in [0, 0.05) is 19.9 Å². The van der Waals surface area contributed by atoms with Crippen LogP contribution in [0.1, 0.15) is 45.4 Å². The topological polar surface area (TPSA) is 51.1 Å². The third kappa shape index (κ3) is 1.56. The summed E-state index contributed by atoms with van der Waals surface area (Å²) in [5.41, 5.74) is 0.781. The van der Waals surface area contributed by atoms with Crippen LogP contribution >= 0.6 is 0 Å². The molecule has 4 aliphatic rings. The van der Waals surface area contributed by atoms with Gasteiger partial charge in [0.1, 0.15) is 5.66 Å². The van der Waals surface area contributed by atoms with Crippen LogP contribution < -0.4 is 0 Å². The van der Waals surface area contributed by atoms with E-state index in [0.29, 0.717) is 11.1 Å². The van der Waals surface area contributed by atoms with Gasteiger partial charge in [0.25, 0.3) is 5.91 Å². The van der Waals surface area contributed by atoms with Gasteiger partial charge in [-0.2, -0.15) is 0 Å². The fraction of sp³-hybridized carbons (Fsp3) is 0.867. The molecule has 0 aromatic heterocycles. The molecule has 3 spiro atoms. The summed E-state index contributed by atoms with van der Waals surface area (Å²) >= 11 is 0. The molecular weight excluding hydrogens is 256 g/mol. The highest BCUT2D eigenvalue weighted by atomic mass is 16.7. The van der Waals surface area contributed by atoms with E-state index < -0.39 is 0 Å². The third-order valence-corrected chi connectivity index (χ3v) is 5.82. The quantitative estimate of drug-likeness (QED) is 0.678. The first kappa shape index (κ1) is 12.8. The molecule has 110 valence electrons. The van der Waals surface area contributed by atoms with Crippen molar-refractivity contribution in [1.29, 1.82) is 0 Å². The largest absolute Gasteiger partial charge is 0.348 e. The van der Waals surface area contributed by atoms with Gasteiger partial charge in [-0.3, -0.25) is 9.79 Å². The van der Waals surface area contributed by atoms with Crippen molar-refractivity contribution < 1.29 is 14.3 Å². The minimum absolute atomic E-state index is 0.0922. The Labute approximate surface area is 119 Å². The molecule has 0 unspecified atom stereocenters. The molecule has 2 heterocycles. The Hall–Kier alpha value is -0.940. The van der Waals surface area contributed by atoms with Gasteiger partial charge in [0.05, 0.1) is 18.9 Å². The molecule has 0 aromatic rings. The molecular formula is C15H22N2O3. The van der Waals surface area contributed by atoms with Crippen LogP contribution in [-0.2, 0) is 14.3 Å². The molecule has 20 heavy (non-hydrogen) atoms. The summed E-state index contributed by atoms with van der Waals surface area (Å²) in [7, 11) is 1.89. The molecule has 5 nitrogen and oxygen atoms in total. The Bertz CT molecular complexity index is 475. The van der Waals surface area contributed by atoms with Crippen molar-refractivity contribution in [2.45, 2.75) is 56.9 Å². The summed E-state index contributed by atoms with van der Waals surface area (Å²) in [5, 5.41) is 0. The van der Waals surface area contributed by atoms with E-state index >= 15 is 0 Å². The maximum Gasteiger partial charge on any atom is 0.269 e. The predicted molar refractivity (Wildman–Crippen MR) is 73.4 cm³/mol. The van der Waals surface area contributed by atoms with E-state index in [1.54, 1.807) is 0 Å². The molecule has 0 bridgehead atoms. The first-order valence-corrected chi connectivity index (χ1v) is 7.61. The van der Waals surface area contributed by atoms with Gasteiger partial charge in [0.15, 0.2) is 5.79 Å². The van der Waals surface area contributed by atoms with Crippen molar-refractivity contribution in [3.8, 4) is 0 Å². The molecule has 0 atom stereocenters. The Balaban J connectivity index is 1.45. The summed E-state index contributed by atoms with van der Waals surface area (Å²) in [5.74, 6) is -0.195. The van der Waals surface area contributed by atoms with Crippen LogP contribution in [0.4, 0.5) is 0 Å². The molecule has 0 aromatic carbocycles. The monoisotopic (exact) mass is 278 g/mol. The van der Waals surface area contributed by atoms with Crippen molar-refractivity contribution in [2.24, 2.45) is 10.4 Å². The fourth-order valence-corrected chi connectivity index (χ4v) is 4.63. The number of carbonyl (C=O) groups is 1. The van der Waals surface area contributed by atoms with Gasteiger partial charge < -0.3 is 14.4 Å². The summed E-state index contributed by atoms with van der Waals surface area (Å²) in [4.78, 5) is 18.4. The fourth-order valence-electron chi connectivity index (χ4n) is 4.63. The minimum atomic E-state index is -0.287. The highest BCUT2D eigenvalue weighted by Crippen LogP contribution is 2.62. The van der Waals surface area contributed by atoms with Crippen LogP contribution in [0.3, 0.4) is 0 Å². The first-order valence-electron chi connectivity index (χ1n) is 7.61. The molecule has 3 fully saturated rings. The molecule has 0 N–H and O–H groups in total. The maximum atomic E-state index is 11.9. The van der Waals surface area contributed by atoms with E-state index in [-0.39, 0.29) is 17.4 Å². The predicted octanol–water partition coefficient (Wildman–Crippen LogP) is 1.71. The number of nitrogens with zero attached hydrogens (tertiary/aromatic N) is 2. The molecule has 2 saturated carbocycles. The van der Waals surface area contributed by atoms with Crippen LogP contribution in [0.25, 0.3) is 0 Å². The average Bonchev–Trinajstić information content (AvgIpc) is 2.93. The van der Waals surface area contributed by atoms with E-state index in [1.807, 2.05) is 18.9 Å². The lowest BCUT2D eigenvalue weighted by molar-refractivity contribution is -0.211. The van der Waals surface area contributed by atoms with E-state index in [2.05, 4.69) is 4.99 Å². The SMILES string of the molecule is CC1=NC2(CC3(CCC4(CC3)OCCO4)C2)N(C)C1=O. The highest BCUT2D eigenvalue weighted by molar-refractivity contribution is 6.39. The normalized spacial score (nSPS) is 33.0. The number of carbonyl (C=O) groups excluding carboxylic acids is 1. The van der Waals surface area contributed by atoms with E-state index in [4.69, 9.17) is 9.47 Å². The molecule has 1 saturated heterocycles. The molecule has 4 rings (SSSR count). The van der Waals surface area contributed by atoms with E-state index in [9.17, 15) is 4.79 Å². The van der Waals surface area contributed by atoms with Crippen molar-refractivity contribution >= 4 is 11.6 Å². The van der Waals surface area contributed by atoms with Gasteiger partial charge in [-0.25, -0.2) is 0 Å². The van der Waals surface area contributed by atoms with E-state index in [0.717, 1.165) is 51.7 Å². The number of rotatable bonds is 0. The first-order chi connectivity index (χ1) is 9.48. The Morgan fingerprint density at radius 2 is 1.70 bits per heavy atom. The third-order valence-electron chi connectivity index (χ3n) is 5.82. The number of ether oxygens (including phenoxy) is 2. The zero-order valence-electron chi connectivity index (χ0n) is 12.3. The van der Waals surface area contributed by atoms with Crippen molar-refractivity contribution in [2.75, 3.05) is 20.3 Å². The Morgan fingerprint density at radius 3 is 2.20 bits per heavy atom. The zero-order chi connectivity index (χ0) is 14.0. The van der Waals surface area contributed by atoms with Crippen molar-refractivity contribution in [1.82, 2.24) is 4.90 Å². The molecule has 1 amide bonds. The van der Waals surface area contributed by atoms with Gasteiger partial charge in [-0.1, -0.05) is 0 Å². The number of hydrogen-bond acceptors (Lipinski definition) is 4. The maximum absolute atomic E-state index is 11.9. The van der Waals surface area contributed by atoms with Crippen LogP contribution in [0, 0.1) is 5.41 Å². The second-order valence-electron chi connectivity index (χ2n) is 7.00. The molecule has 5 heteroatoms. The van der Waals surface area contributed by atoms with Crippen molar-refractivity contribution in [3.63, 3.8) is 0 Å². The smallest absolute Gasteiger partial charge is 0.269 e. The van der Waals surface area contributed by atoms with Gasteiger partial charge in [-0.05, 0) is 38.0 Å². The summed E-state index contributed by atoms with van der Waals surface area (Å²) in [6, 6.07) is 0. The van der Waals surface area contributed by atoms with Crippen LogP contribution in [0.15, 0.2) is 4.99 Å². The van der Waals surface area contributed by atoms with Crippen LogP contribution in [0.2, 0.25) is 0 Å². The lowest BCUT2D eigenvalue weighted by Crippen LogP contribution is -2.60. The lowest BCUT2D eigenvalue weighted by atomic mass is 9.54. The second-order valence-corrected chi connectivity index (χ2v) is 7.00. The van der Waals surface area contributed by atoms with Gasteiger partial charge in [0.2, 0.25) is 0 Å². The molecule has 2 aliphatic carbocycles. The number of hydrogen-bond donors (Lipinski definition) is 0. The summed E-state index contributed by atoms with van der Waals surface area (Å²) in [6.45, 7) is 3.30. The van der Waals surface area contributed by atoms with E-state index in [1.165, 1.54) is 0 Å². The summed E-state index contributed by atoms with van der Waals surface area (Å²) < 4.78 is 11.6. The second kappa shape index (κ2) is 3.83. The molecule has 2 aliphatic heterocycles. The van der Waals surface area contributed by atoms with Gasteiger partial charge in [-0.15, -0.1) is 0 Å². The summed E-state index contributed by atoms with van der Waals surface area (Å²) in [6.07, 6.45) is 6.26. The highest BCUT2D eigenvalue weighted by Gasteiger charge is 2.62. The standard InChI is InChI=1S/C15H22N2O3/c1-11-12(18)17(2)14(16-11)9-13(10-14)3-5-15(6-4-13)19-7-8-20-15/h3-10H2,1-2H3. The number of amides is 1. The zero-order valence-corrected chi connectivity index (χ0v) is 12.3. The lowest BCUT2D eigenvalue weighted by Gasteiger charge is -2.58. The average molecular weight is 278 g/mol. The van der Waals surface area contributed by atoms with Crippen LogP contribution in [-0.4, -0.2) is 48.2 Å². The van der Waals surface area contributed by atoms with Crippen molar-refractivity contribution in [3.05, 3.63) is 0 Å². The Morgan fingerprint density at radius 1 is 1.10 bits per heavy atom. The van der Waals surface area contributed by atoms with Gasteiger partial charge >= 0.3 is 0 Å². The Kier molecular flexibility index (Phi) is 2.44. The molecule has 0 radical (unpaired) electrons. The minimum Gasteiger partial charge on any atom is -0.348 e.